The van der Waals surface area contributed by atoms with Gasteiger partial charge in [0.2, 0.25) is 0 Å². The summed E-state index contributed by atoms with van der Waals surface area (Å²) in [6, 6.07) is 7.50. The number of benzene rings is 1. The van der Waals surface area contributed by atoms with E-state index in [2.05, 4.69) is 4.98 Å². The van der Waals surface area contributed by atoms with Gasteiger partial charge in [0.1, 0.15) is 0 Å². The summed E-state index contributed by atoms with van der Waals surface area (Å²) in [5.74, 6) is 0.806. The molecule has 0 saturated heterocycles. The van der Waals surface area contributed by atoms with Crippen molar-refractivity contribution in [3.8, 4) is 0 Å². The number of hydrogen-bond acceptors (Lipinski definition) is 4. The highest BCUT2D eigenvalue weighted by molar-refractivity contribution is 7.99. The lowest BCUT2D eigenvalue weighted by molar-refractivity contribution is 0.696. The number of hydrogen-bond donors (Lipinski definition) is 0. The minimum absolute atomic E-state index is 0.351. The van der Waals surface area contributed by atoms with Gasteiger partial charge in [-0.25, -0.2) is 9.78 Å². The highest BCUT2D eigenvalue weighted by Gasteiger charge is 2.19. The van der Waals surface area contributed by atoms with E-state index in [1.807, 2.05) is 35.8 Å². The second kappa shape index (κ2) is 6.49. The first-order chi connectivity index (χ1) is 11.5. The first-order valence-corrected chi connectivity index (χ1v) is 8.84. The van der Waals surface area contributed by atoms with Crippen LogP contribution in [0.25, 0.3) is 11.2 Å². The third kappa shape index (κ3) is 2.67. The van der Waals surface area contributed by atoms with E-state index in [0.29, 0.717) is 27.9 Å². The Labute approximate surface area is 147 Å². The van der Waals surface area contributed by atoms with Crippen LogP contribution in [0.2, 0.25) is 5.02 Å². The maximum atomic E-state index is 12.7. The molecule has 2 heterocycles. The maximum absolute atomic E-state index is 12.7. The molecule has 24 heavy (non-hydrogen) atoms. The number of halogens is 1. The van der Waals surface area contributed by atoms with Gasteiger partial charge < -0.3 is 4.57 Å². The summed E-state index contributed by atoms with van der Waals surface area (Å²) in [5, 5.41) is 1.33. The molecule has 0 saturated carbocycles. The molecule has 0 aliphatic heterocycles. The molecule has 0 radical (unpaired) electrons. The van der Waals surface area contributed by atoms with Crippen LogP contribution in [0.5, 0.6) is 0 Å². The Morgan fingerprint density at radius 2 is 1.88 bits per heavy atom. The molecule has 0 N–H and O–H groups in total. The van der Waals surface area contributed by atoms with Gasteiger partial charge in [0.05, 0.1) is 6.54 Å². The Morgan fingerprint density at radius 1 is 1.17 bits per heavy atom. The molecule has 0 amide bonds. The van der Waals surface area contributed by atoms with Crippen LogP contribution in [-0.2, 0) is 20.6 Å². The molecule has 3 rings (SSSR count). The molecule has 8 heteroatoms. The van der Waals surface area contributed by atoms with Crippen LogP contribution in [0.4, 0.5) is 0 Å². The van der Waals surface area contributed by atoms with Crippen molar-refractivity contribution in [2.75, 3.05) is 5.75 Å². The van der Waals surface area contributed by atoms with Gasteiger partial charge in [-0.05, 0) is 17.4 Å². The van der Waals surface area contributed by atoms with Gasteiger partial charge in [0, 0.05) is 19.1 Å². The van der Waals surface area contributed by atoms with Crippen molar-refractivity contribution >= 4 is 34.5 Å². The smallest absolute Gasteiger partial charge is 0.309 e. The minimum atomic E-state index is -0.386. The number of aryl methyl sites for hydroxylation is 1. The normalized spacial score (nSPS) is 11.3. The van der Waals surface area contributed by atoms with E-state index in [1.165, 1.54) is 23.4 Å². The molecule has 0 unspecified atom stereocenters. The van der Waals surface area contributed by atoms with Crippen molar-refractivity contribution < 1.29 is 0 Å². The van der Waals surface area contributed by atoms with Crippen molar-refractivity contribution in [3.63, 3.8) is 0 Å². The molecule has 0 bridgehead atoms. The van der Waals surface area contributed by atoms with Crippen LogP contribution < -0.4 is 11.2 Å². The van der Waals surface area contributed by atoms with Crippen molar-refractivity contribution in [2.45, 2.75) is 18.6 Å². The molecule has 126 valence electrons. The van der Waals surface area contributed by atoms with E-state index < -0.39 is 0 Å². The predicted molar refractivity (Wildman–Crippen MR) is 97.2 cm³/mol. The monoisotopic (exact) mass is 364 g/mol. The fourth-order valence-electron chi connectivity index (χ4n) is 2.61. The zero-order valence-corrected chi connectivity index (χ0v) is 15.2. The molecule has 2 aromatic heterocycles. The van der Waals surface area contributed by atoms with Crippen LogP contribution in [0.1, 0.15) is 12.5 Å². The lowest BCUT2D eigenvalue weighted by Crippen LogP contribution is -2.37. The van der Waals surface area contributed by atoms with Crippen LogP contribution >= 0.6 is 23.4 Å². The highest BCUT2D eigenvalue weighted by atomic mass is 35.5. The first-order valence-electron chi connectivity index (χ1n) is 7.48. The maximum Gasteiger partial charge on any atom is 0.332 e. The molecule has 0 aliphatic carbocycles. The molecular weight excluding hydrogens is 348 g/mol. The summed E-state index contributed by atoms with van der Waals surface area (Å²) in [7, 11) is 3.10. The number of nitrogens with zero attached hydrogens (tertiary/aromatic N) is 4. The van der Waals surface area contributed by atoms with Gasteiger partial charge >= 0.3 is 5.69 Å². The average molecular weight is 365 g/mol. The Balaban J connectivity index is 2.33. The fraction of sp³-hybridized carbons (Fsp3) is 0.312. The van der Waals surface area contributed by atoms with Gasteiger partial charge in [-0.1, -0.05) is 48.5 Å². The number of fused-ring (bicyclic) bond motifs is 1. The minimum Gasteiger partial charge on any atom is -0.309 e. The summed E-state index contributed by atoms with van der Waals surface area (Å²) in [6.45, 7) is 2.44. The Hall–Kier alpha value is -1.99. The fourth-order valence-corrected chi connectivity index (χ4v) is 3.53. The van der Waals surface area contributed by atoms with Crippen molar-refractivity contribution in [1.82, 2.24) is 18.7 Å². The topological polar surface area (TPSA) is 61.8 Å². The zero-order chi connectivity index (χ0) is 17.4. The van der Waals surface area contributed by atoms with E-state index >= 15 is 0 Å². The number of thioether (sulfide) groups is 1. The molecule has 1 aromatic carbocycles. The summed E-state index contributed by atoms with van der Waals surface area (Å²) >= 11 is 7.80. The lowest BCUT2D eigenvalue weighted by atomic mass is 10.2. The zero-order valence-electron chi connectivity index (χ0n) is 13.6. The van der Waals surface area contributed by atoms with Gasteiger partial charge in [-0.3, -0.25) is 13.9 Å². The highest BCUT2D eigenvalue weighted by Crippen LogP contribution is 2.24. The third-order valence-corrected chi connectivity index (χ3v) is 5.10. The second-order valence-electron chi connectivity index (χ2n) is 5.38. The standard InChI is InChI=1S/C16H17ClN4O2S/c1-4-24-15-18-13-12(14(22)20(3)16(23)19(13)2)21(15)9-10-7-5-6-8-11(10)17/h5-8H,4,9H2,1-3H3. The Morgan fingerprint density at radius 3 is 2.54 bits per heavy atom. The van der Waals surface area contributed by atoms with Crippen LogP contribution in [0.15, 0.2) is 39.0 Å². The van der Waals surface area contributed by atoms with Crippen molar-refractivity contribution in [3.05, 3.63) is 55.7 Å². The van der Waals surface area contributed by atoms with E-state index in [-0.39, 0.29) is 11.2 Å². The Bertz CT molecular complexity index is 1030. The molecule has 0 spiro atoms. The van der Waals surface area contributed by atoms with Crippen LogP contribution in [-0.4, -0.2) is 24.4 Å². The lowest BCUT2D eigenvalue weighted by Gasteiger charge is -2.10. The first kappa shape index (κ1) is 16.9. The SMILES string of the molecule is CCSc1nc2c(c(=O)n(C)c(=O)n2C)n1Cc1ccccc1Cl. The summed E-state index contributed by atoms with van der Waals surface area (Å²) in [5.41, 5.74) is 0.965. The van der Waals surface area contributed by atoms with Crippen molar-refractivity contribution in [1.29, 1.82) is 0 Å². The average Bonchev–Trinajstić information content (AvgIpc) is 2.92. The molecule has 0 fully saturated rings. The van der Waals surface area contributed by atoms with E-state index in [1.54, 1.807) is 7.05 Å². The van der Waals surface area contributed by atoms with E-state index in [9.17, 15) is 9.59 Å². The summed E-state index contributed by atoms with van der Waals surface area (Å²) in [6.07, 6.45) is 0. The van der Waals surface area contributed by atoms with Crippen LogP contribution in [0, 0.1) is 0 Å². The second-order valence-corrected chi connectivity index (χ2v) is 7.02. The largest absolute Gasteiger partial charge is 0.332 e. The third-order valence-electron chi connectivity index (χ3n) is 3.87. The molecule has 0 aliphatic rings. The van der Waals surface area contributed by atoms with Crippen LogP contribution in [0.3, 0.4) is 0 Å². The number of aromatic nitrogens is 4. The van der Waals surface area contributed by atoms with Gasteiger partial charge in [0.15, 0.2) is 16.3 Å². The number of imidazole rings is 1. The van der Waals surface area contributed by atoms with Gasteiger partial charge in [0.25, 0.3) is 5.56 Å². The summed E-state index contributed by atoms with van der Waals surface area (Å²) < 4.78 is 4.35. The quantitative estimate of drug-likeness (QED) is 0.666. The summed E-state index contributed by atoms with van der Waals surface area (Å²) in [4.78, 5) is 29.3. The molecule has 6 nitrogen and oxygen atoms in total. The molecular formula is C16H17ClN4O2S. The van der Waals surface area contributed by atoms with Crippen molar-refractivity contribution in [2.24, 2.45) is 14.1 Å². The van der Waals surface area contributed by atoms with E-state index in [0.717, 1.165) is 15.9 Å². The van der Waals surface area contributed by atoms with Gasteiger partial charge in [-0.15, -0.1) is 0 Å². The number of rotatable bonds is 4. The van der Waals surface area contributed by atoms with E-state index in [4.69, 9.17) is 11.6 Å². The molecule has 0 atom stereocenters. The molecule has 3 aromatic rings. The Kier molecular flexibility index (Phi) is 4.56. The van der Waals surface area contributed by atoms with Gasteiger partial charge in [-0.2, -0.15) is 0 Å². The predicted octanol–water partition coefficient (Wildman–Crippen LogP) is 2.25.